The largest absolute Gasteiger partial charge is 0.508 e. The van der Waals surface area contributed by atoms with Gasteiger partial charge in [-0.3, -0.25) is 4.79 Å². The van der Waals surface area contributed by atoms with E-state index in [0.29, 0.717) is 18.0 Å². The Balaban J connectivity index is 1.52. The van der Waals surface area contributed by atoms with Crippen molar-refractivity contribution in [1.29, 1.82) is 0 Å². The number of aliphatic hydroxyl groups excluding tert-OH is 2. The van der Waals surface area contributed by atoms with Crippen LogP contribution in [0, 0.1) is 5.92 Å². The molecule has 1 saturated carbocycles. The van der Waals surface area contributed by atoms with Gasteiger partial charge >= 0.3 is 0 Å². The first kappa shape index (κ1) is 26.7. The van der Waals surface area contributed by atoms with E-state index >= 15 is 0 Å². The zero-order valence-electron chi connectivity index (χ0n) is 19.4. The number of hydrogen-bond acceptors (Lipinski definition) is 7. The SMILES string of the molecule is CC(C)(c1ccc(OC[C@@H](O)CCl)c(Br)c1)C1CCC(OC/C(O)=C/n2nncc2C=O)CC1. The van der Waals surface area contributed by atoms with Gasteiger partial charge in [0.2, 0.25) is 0 Å². The normalized spacial score (nSPS) is 20.2. The highest BCUT2D eigenvalue weighted by molar-refractivity contribution is 9.10. The topological polar surface area (TPSA) is 107 Å². The molecule has 0 saturated heterocycles. The quantitative estimate of drug-likeness (QED) is 0.234. The Labute approximate surface area is 213 Å². The van der Waals surface area contributed by atoms with E-state index in [0.717, 1.165) is 30.2 Å². The molecule has 0 unspecified atom stereocenters. The molecule has 1 aromatic carbocycles. The van der Waals surface area contributed by atoms with Crippen molar-refractivity contribution >= 4 is 40.0 Å². The zero-order valence-corrected chi connectivity index (χ0v) is 21.7. The molecular weight excluding hydrogens is 526 g/mol. The molecule has 2 aromatic rings. The van der Waals surface area contributed by atoms with E-state index in [9.17, 15) is 15.0 Å². The Morgan fingerprint density at radius 1 is 1.35 bits per heavy atom. The molecule has 0 radical (unpaired) electrons. The molecule has 0 spiro atoms. The summed E-state index contributed by atoms with van der Waals surface area (Å²) in [6.07, 6.45) is 6.50. The van der Waals surface area contributed by atoms with Crippen molar-refractivity contribution in [3.05, 3.63) is 45.9 Å². The van der Waals surface area contributed by atoms with Gasteiger partial charge in [-0.25, -0.2) is 4.68 Å². The van der Waals surface area contributed by atoms with E-state index in [4.69, 9.17) is 21.1 Å². The predicted octanol–water partition coefficient (Wildman–Crippen LogP) is 4.74. The van der Waals surface area contributed by atoms with Crippen LogP contribution in [0.15, 0.2) is 34.6 Å². The summed E-state index contributed by atoms with van der Waals surface area (Å²) in [7, 11) is 0. The molecule has 3 rings (SSSR count). The Morgan fingerprint density at radius 2 is 2.09 bits per heavy atom. The van der Waals surface area contributed by atoms with Gasteiger partial charge in [-0.05, 0) is 70.6 Å². The van der Waals surface area contributed by atoms with E-state index in [2.05, 4.69) is 52.2 Å². The summed E-state index contributed by atoms with van der Waals surface area (Å²) in [4.78, 5) is 10.9. The lowest BCUT2D eigenvalue weighted by molar-refractivity contribution is 0.0111. The van der Waals surface area contributed by atoms with Gasteiger partial charge in [0, 0.05) is 0 Å². The van der Waals surface area contributed by atoms with Crippen molar-refractivity contribution in [2.75, 3.05) is 19.1 Å². The predicted molar refractivity (Wildman–Crippen MR) is 133 cm³/mol. The molecule has 0 amide bonds. The van der Waals surface area contributed by atoms with Crippen LogP contribution >= 0.6 is 27.5 Å². The molecule has 186 valence electrons. The van der Waals surface area contributed by atoms with Gasteiger partial charge in [-0.2, -0.15) is 0 Å². The molecule has 1 aliphatic rings. The molecule has 1 heterocycles. The van der Waals surface area contributed by atoms with Crippen molar-refractivity contribution in [2.45, 2.75) is 57.2 Å². The first-order valence-corrected chi connectivity index (χ1v) is 12.6. The second-order valence-corrected chi connectivity index (χ2v) is 10.3. The molecule has 10 heteroatoms. The van der Waals surface area contributed by atoms with Gasteiger partial charge in [0.15, 0.2) is 6.29 Å². The Morgan fingerprint density at radius 3 is 2.74 bits per heavy atom. The molecular formula is C24H31BrClN3O5. The number of carbonyl (C=O) groups is 1. The number of aromatic nitrogens is 3. The number of alkyl halides is 1. The van der Waals surface area contributed by atoms with Crippen molar-refractivity contribution in [3.8, 4) is 5.75 Å². The van der Waals surface area contributed by atoms with Gasteiger partial charge < -0.3 is 19.7 Å². The van der Waals surface area contributed by atoms with E-state index in [1.54, 1.807) is 0 Å². The maximum Gasteiger partial charge on any atom is 0.170 e. The first-order chi connectivity index (χ1) is 16.2. The maximum atomic E-state index is 10.9. The van der Waals surface area contributed by atoms with Crippen LogP contribution in [0.1, 0.15) is 55.6 Å². The molecule has 0 aliphatic heterocycles. The summed E-state index contributed by atoms with van der Waals surface area (Å²) in [6, 6.07) is 6.10. The van der Waals surface area contributed by atoms with Crippen molar-refractivity contribution in [3.63, 3.8) is 0 Å². The summed E-state index contributed by atoms with van der Waals surface area (Å²) in [5.41, 5.74) is 1.43. The van der Waals surface area contributed by atoms with Gasteiger partial charge in [0.1, 0.15) is 36.5 Å². The average molecular weight is 557 g/mol. The van der Waals surface area contributed by atoms with Crippen LogP contribution in [0.4, 0.5) is 0 Å². The third-order valence-corrected chi connectivity index (χ3v) is 7.42. The Bertz CT molecular complexity index is 989. The minimum absolute atomic E-state index is 0.0122. The van der Waals surface area contributed by atoms with Gasteiger partial charge in [0.05, 0.1) is 28.9 Å². The average Bonchev–Trinajstić information content (AvgIpc) is 3.28. The molecule has 1 fully saturated rings. The highest BCUT2D eigenvalue weighted by Gasteiger charge is 2.35. The summed E-state index contributed by atoms with van der Waals surface area (Å²) in [5.74, 6) is 1.29. The lowest BCUT2D eigenvalue weighted by atomic mass is 9.67. The molecule has 1 aliphatic carbocycles. The Hall–Kier alpha value is -1.94. The number of nitrogens with zero attached hydrogens (tertiary/aromatic N) is 3. The summed E-state index contributed by atoms with van der Waals surface area (Å²) in [5, 5.41) is 27.1. The fraction of sp³-hybridized carbons (Fsp3) is 0.542. The van der Waals surface area contributed by atoms with Crippen molar-refractivity contribution < 1.29 is 24.5 Å². The number of ether oxygens (including phenoxy) is 2. The second-order valence-electron chi connectivity index (χ2n) is 9.11. The van der Waals surface area contributed by atoms with E-state index in [1.165, 1.54) is 22.6 Å². The smallest absolute Gasteiger partial charge is 0.170 e. The fourth-order valence-corrected chi connectivity index (χ4v) is 4.84. The third-order valence-electron chi connectivity index (χ3n) is 6.44. The van der Waals surface area contributed by atoms with Gasteiger partial charge in [-0.1, -0.05) is 25.1 Å². The first-order valence-electron chi connectivity index (χ1n) is 11.3. The molecule has 1 atom stereocenters. The summed E-state index contributed by atoms with van der Waals surface area (Å²) >= 11 is 9.22. The van der Waals surface area contributed by atoms with Crippen LogP contribution < -0.4 is 4.74 Å². The van der Waals surface area contributed by atoms with Crippen LogP contribution in [-0.4, -0.2) is 62.8 Å². The monoisotopic (exact) mass is 555 g/mol. The summed E-state index contributed by atoms with van der Waals surface area (Å²) in [6.45, 7) is 4.73. The fourth-order valence-electron chi connectivity index (χ4n) is 4.25. The number of hydrogen-bond donors (Lipinski definition) is 2. The van der Waals surface area contributed by atoms with Crippen LogP contribution in [0.5, 0.6) is 5.75 Å². The number of halogens is 2. The summed E-state index contributed by atoms with van der Waals surface area (Å²) < 4.78 is 13.6. The van der Waals surface area contributed by atoms with E-state index < -0.39 is 6.10 Å². The number of carbonyl (C=O) groups excluding carboxylic acids is 1. The zero-order chi connectivity index (χ0) is 24.7. The number of aldehydes is 1. The Kier molecular flexibility index (Phi) is 9.53. The number of rotatable bonds is 11. The molecule has 34 heavy (non-hydrogen) atoms. The number of benzene rings is 1. The highest BCUT2D eigenvalue weighted by Crippen LogP contribution is 2.43. The van der Waals surface area contributed by atoms with Gasteiger partial charge in [-0.15, -0.1) is 16.7 Å². The van der Waals surface area contributed by atoms with Gasteiger partial charge in [0.25, 0.3) is 0 Å². The number of aliphatic hydroxyl groups is 2. The second kappa shape index (κ2) is 12.2. The van der Waals surface area contributed by atoms with Crippen molar-refractivity contribution in [1.82, 2.24) is 15.0 Å². The van der Waals surface area contributed by atoms with Crippen molar-refractivity contribution in [2.24, 2.45) is 5.92 Å². The molecule has 2 N–H and O–H groups in total. The van der Waals surface area contributed by atoms with E-state index in [1.807, 2.05) is 6.07 Å². The minimum Gasteiger partial charge on any atom is -0.508 e. The lowest BCUT2D eigenvalue weighted by Gasteiger charge is -2.40. The minimum atomic E-state index is -0.698. The molecule has 8 nitrogen and oxygen atoms in total. The van der Waals surface area contributed by atoms with Crippen LogP contribution in [0.2, 0.25) is 0 Å². The van der Waals surface area contributed by atoms with E-state index in [-0.39, 0.29) is 42.1 Å². The molecule has 0 bridgehead atoms. The standard InChI is InChI=1S/C24H31BrClN3O5/c1-24(2,17-5-8-23(22(25)9-17)34-14-19(31)10-26)16-3-6-21(7-4-16)33-15-20(32)12-29-18(13-30)11-27-28-29/h5,8-9,11-13,16,19,21,31-32H,3-4,6-7,10,14-15H2,1-2H3/b20-12-/t16?,19-,21?/m0/s1. The van der Waals surface area contributed by atoms with Crippen LogP contribution in [-0.2, 0) is 10.2 Å². The molecule has 1 aromatic heterocycles. The third kappa shape index (κ3) is 6.81. The highest BCUT2D eigenvalue weighted by atomic mass is 79.9. The lowest BCUT2D eigenvalue weighted by Crippen LogP contribution is -2.34. The maximum absolute atomic E-state index is 10.9. The van der Waals surface area contributed by atoms with Crippen LogP contribution in [0.25, 0.3) is 6.20 Å². The van der Waals surface area contributed by atoms with Crippen LogP contribution in [0.3, 0.4) is 0 Å².